The number of benzene rings is 2. The number of anilines is 3. The van der Waals surface area contributed by atoms with Crippen LogP contribution in [0.15, 0.2) is 57.9 Å². The summed E-state index contributed by atoms with van der Waals surface area (Å²) in [5.41, 5.74) is 23.1. The zero-order valence-electron chi connectivity index (χ0n) is 19.1. The Labute approximate surface area is 197 Å². The fourth-order valence-corrected chi connectivity index (χ4v) is 3.31. The van der Waals surface area contributed by atoms with Crippen LogP contribution in [0.1, 0.15) is 23.6 Å². The summed E-state index contributed by atoms with van der Waals surface area (Å²) in [6, 6.07) is 11.8. The van der Waals surface area contributed by atoms with Gasteiger partial charge in [0.15, 0.2) is 0 Å². The molecule has 0 aliphatic carbocycles. The van der Waals surface area contributed by atoms with Crippen LogP contribution in [0, 0.1) is 5.41 Å². The third-order valence-electron chi connectivity index (χ3n) is 5.20. The molecule has 0 atom stereocenters. The summed E-state index contributed by atoms with van der Waals surface area (Å²) in [4.78, 5) is 26.1. The van der Waals surface area contributed by atoms with E-state index in [1.165, 1.54) is 6.26 Å². The van der Waals surface area contributed by atoms with E-state index in [2.05, 4.69) is 10.7 Å². The number of nitrogens with zero attached hydrogens (tertiary/aromatic N) is 1. The number of nitrogen functional groups attached to an aromatic ring is 3. The van der Waals surface area contributed by atoms with Gasteiger partial charge in [0.1, 0.15) is 23.5 Å². The molecule has 0 radical (unpaired) electrons. The van der Waals surface area contributed by atoms with Crippen LogP contribution in [0.2, 0.25) is 0 Å². The molecule has 0 aliphatic heterocycles. The first-order chi connectivity index (χ1) is 16.2. The number of carbonyl (C=O) groups is 1. The molecular formula is C24H29N7O3. The summed E-state index contributed by atoms with van der Waals surface area (Å²) in [5.74, 6) is -0.157. The normalized spacial score (nSPS) is 10.8. The largest absolute Gasteiger partial charge is 0.462 e. The molecule has 0 fully saturated rings. The Kier molecular flexibility index (Phi) is 7.54. The Balaban J connectivity index is 1.88. The van der Waals surface area contributed by atoms with E-state index >= 15 is 0 Å². The van der Waals surface area contributed by atoms with Crippen LogP contribution in [-0.4, -0.2) is 30.3 Å². The third-order valence-corrected chi connectivity index (χ3v) is 5.20. The number of nitrogens with one attached hydrogen (secondary N) is 3. The molecule has 2 aromatic carbocycles. The van der Waals surface area contributed by atoms with E-state index in [9.17, 15) is 9.59 Å². The summed E-state index contributed by atoms with van der Waals surface area (Å²) >= 11 is 0. The Hall–Kier alpha value is -4.31. The van der Waals surface area contributed by atoms with Gasteiger partial charge in [0.2, 0.25) is 11.3 Å². The lowest BCUT2D eigenvalue weighted by Gasteiger charge is -2.18. The summed E-state index contributed by atoms with van der Waals surface area (Å²) < 4.78 is 5.80. The Morgan fingerprint density at radius 3 is 2.35 bits per heavy atom. The molecule has 10 heteroatoms. The minimum absolute atomic E-state index is 0.0285. The van der Waals surface area contributed by atoms with Crippen molar-refractivity contribution in [3.05, 3.63) is 75.6 Å². The Morgan fingerprint density at radius 2 is 1.76 bits per heavy atom. The molecule has 0 saturated heterocycles. The maximum Gasteiger partial charge on any atom is 0.224 e. The van der Waals surface area contributed by atoms with Crippen molar-refractivity contribution in [3.63, 3.8) is 0 Å². The van der Waals surface area contributed by atoms with Crippen LogP contribution >= 0.6 is 0 Å². The average molecular weight is 464 g/mol. The predicted octanol–water partition coefficient (Wildman–Crippen LogP) is 1.89. The second kappa shape index (κ2) is 10.5. The second-order valence-electron chi connectivity index (χ2n) is 7.86. The highest BCUT2D eigenvalue weighted by Gasteiger charge is 2.20. The Morgan fingerprint density at radius 1 is 1.12 bits per heavy atom. The van der Waals surface area contributed by atoms with Crippen LogP contribution in [0.25, 0.3) is 11.3 Å². The van der Waals surface area contributed by atoms with Crippen molar-refractivity contribution in [3.8, 4) is 11.3 Å². The van der Waals surface area contributed by atoms with Crippen LogP contribution in [0.3, 0.4) is 0 Å². The van der Waals surface area contributed by atoms with Gasteiger partial charge in [-0.05, 0) is 23.8 Å². The van der Waals surface area contributed by atoms with E-state index in [0.717, 1.165) is 5.56 Å². The SMILES string of the molecule is CCN(C)Nc1coc(-c2cc(N)cc(N)c2)c(CC(=O)NCc2ccc(C(=N)N)cc2)c1=O. The van der Waals surface area contributed by atoms with E-state index in [1.807, 2.05) is 6.92 Å². The van der Waals surface area contributed by atoms with Gasteiger partial charge in [-0.25, -0.2) is 5.01 Å². The quantitative estimate of drug-likeness (QED) is 0.121. The van der Waals surface area contributed by atoms with Crippen molar-refractivity contribution in [2.75, 3.05) is 30.5 Å². The molecule has 10 nitrogen and oxygen atoms in total. The lowest BCUT2D eigenvalue weighted by Crippen LogP contribution is -2.31. The minimum Gasteiger partial charge on any atom is -0.462 e. The van der Waals surface area contributed by atoms with Crippen molar-refractivity contribution >= 4 is 28.8 Å². The van der Waals surface area contributed by atoms with E-state index < -0.39 is 0 Å². The van der Waals surface area contributed by atoms with Gasteiger partial charge in [0.05, 0.1) is 12.0 Å². The molecule has 1 heterocycles. The maximum atomic E-state index is 13.3. The highest BCUT2D eigenvalue weighted by molar-refractivity contribution is 5.94. The molecule has 0 unspecified atom stereocenters. The molecule has 0 aliphatic rings. The number of amides is 1. The minimum atomic E-state index is -0.359. The summed E-state index contributed by atoms with van der Waals surface area (Å²) in [7, 11) is 1.79. The molecule has 0 spiro atoms. The number of carbonyl (C=O) groups excluding carboxylic acids is 1. The van der Waals surface area contributed by atoms with Gasteiger partial charge in [-0.3, -0.25) is 15.0 Å². The number of hydrogen-bond donors (Lipinski definition) is 6. The van der Waals surface area contributed by atoms with Gasteiger partial charge in [-0.1, -0.05) is 31.2 Å². The van der Waals surface area contributed by atoms with E-state index in [-0.39, 0.29) is 47.1 Å². The molecule has 3 aromatic rings. The summed E-state index contributed by atoms with van der Waals surface area (Å²) in [6.07, 6.45) is 1.12. The monoisotopic (exact) mass is 463 g/mol. The van der Waals surface area contributed by atoms with E-state index in [1.54, 1.807) is 54.5 Å². The molecule has 1 amide bonds. The average Bonchev–Trinajstić information content (AvgIpc) is 2.79. The van der Waals surface area contributed by atoms with Crippen molar-refractivity contribution < 1.29 is 9.21 Å². The topological polar surface area (TPSA) is 176 Å². The fourth-order valence-electron chi connectivity index (χ4n) is 3.31. The zero-order chi connectivity index (χ0) is 24.8. The van der Waals surface area contributed by atoms with Gasteiger partial charge in [0, 0.05) is 42.6 Å². The molecule has 0 bridgehead atoms. The molecular weight excluding hydrogens is 434 g/mol. The zero-order valence-corrected chi connectivity index (χ0v) is 19.1. The first-order valence-electron chi connectivity index (χ1n) is 10.7. The number of nitrogens with two attached hydrogens (primary N) is 3. The molecule has 34 heavy (non-hydrogen) atoms. The lowest BCUT2D eigenvalue weighted by molar-refractivity contribution is -0.120. The third kappa shape index (κ3) is 5.93. The molecule has 0 saturated carbocycles. The van der Waals surface area contributed by atoms with Gasteiger partial charge in [-0.15, -0.1) is 0 Å². The number of amidine groups is 1. The second-order valence-corrected chi connectivity index (χ2v) is 7.86. The standard InChI is InChI=1S/C24H29N7O3/c1-3-31(2)30-20-13-34-23(16-8-17(25)10-18(26)9-16)19(22(20)33)11-21(32)29-12-14-4-6-15(7-5-14)24(27)28/h4-10,13,30H,3,11-12,25-26H2,1-2H3,(H3,27,28)(H,29,32). The number of hydrogen-bond acceptors (Lipinski definition) is 8. The fraction of sp³-hybridized carbons (Fsp3) is 0.208. The van der Waals surface area contributed by atoms with E-state index in [4.69, 9.17) is 27.0 Å². The molecule has 9 N–H and O–H groups in total. The number of hydrazine groups is 1. The van der Waals surface area contributed by atoms with Crippen LogP contribution in [0.4, 0.5) is 17.1 Å². The number of rotatable bonds is 9. The maximum absolute atomic E-state index is 13.3. The van der Waals surface area contributed by atoms with Crippen LogP contribution in [0.5, 0.6) is 0 Å². The predicted molar refractivity (Wildman–Crippen MR) is 134 cm³/mol. The van der Waals surface area contributed by atoms with Gasteiger partial charge in [0.25, 0.3) is 0 Å². The van der Waals surface area contributed by atoms with E-state index in [0.29, 0.717) is 29.0 Å². The van der Waals surface area contributed by atoms with Gasteiger partial charge in [-0.2, -0.15) is 0 Å². The molecule has 178 valence electrons. The lowest BCUT2D eigenvalue weighted by atomic mass is 10.0. The van der Waals surface area contributed by atoms with Crippen molar-refractivity contribution in [1.82, 2.24) is 10.3 Å². The van der Waals surface area contributed by atoms with Crippen molar-refractivity contribution in [1.29, 1.82) is 5.41 Å². The smallest absolute Gasteiger partial charge is 0.224 e. The first kappa shape index (κ1) is 24.3. The Bertz CT molecular complexity index is 1230. The summed E-state index contributed by atoms with van der Waals surface area (Å²) in [6.45, 7) is 2.82. The molecule has 1 aromatic heterocycles. The highest BCUT2D eigenvalue weighted by atomic mass is 16.3. The first-order valence-corrected chi connectivity index (χ1v) is 10.7. The van der Waals surface area contributed by atoms with Gasteiger partial charge >= 0.3 is 0 Å². The van der Waals surface area contributed by atoms with Crippen molar-refractivity contribution in [2.45, 2.75) is 19.9 Å². The van der Waals surface area contributed by atoms with Crippen molar-refractivity contribution in [2.24, 2.45) is 5.73 Å². The van der Waals surface area contributed by atoms with Crippen LogP contribution < -0.4 is 33.4 Å². The highest BCUT2D eigenvalue weighted by Crippen LogP contribution is 2.28. The van der Waals surface area contributed by atoms with Crippen LogP contribution in [-0.2, 0) is 17.8 Å². The van der Waals surface area contributed by atoms with Gasteiger partial charge < -0.3 is 32.4 Å². The summed E-state index contributed by atoms with van der Waals surface area (Å²) in [5, 5.41) is 12.0. The molecule has 3 rings (SSSR count).